The standard InChI is InChI=1S/C11H16BrNO3S2/c1-9(17(2)14)7-8-13-18(15,16)11-5-3-10(12)4-6-11/h3-6,9,13H,7-8H2,1-2H3. The molecule has 0 saturated carbocycles. The van der Waals surface area contributed by atoms with Crippen LogP contribution in [0, 0.1) is 0 Å². The molecule has 0 fully saturated rings. The molecule has 0 bridgehead atoms. The molecule has 1 aromatic carbocycles. The van der Waals surface area contributed by atoms with Gasteiger partial charge in [0.2, 0.25) is 10.0 Å². The van der Waals surface area contributed by atoms with Crippen molar-refractivity contribution in [2.45, 2.75) is 23.5 Å². The van der Waals surface area contributed by atoms with Crippen molar-refractivity contribution in [3.05, 3.63) is 28.7 Å². The first kappa shape index (κ1) is 15.8. The van der Waals surface area contributed by atoms with Crippen LogP contribution >= 0.6 is 15.9 Å². The lowest BCUT2D eigenvalue weighted by molar-refractivity contribution is 0.578. The molecular formula is C11H16BrNO3S2. The smallest absolute Gasteiger partial charge is 0.240 e. The summed E-state index contributed by atoms with van der Waals surface area (Å²) < 4.78 is 38.3. The molecule has 0 aliphatic rings. The van der Waals surface area contributed by atoms with Crippen molar-refractivity contribution in [3.63, 3.8) is 0 Å². The second-order valence-corrected chi connectivity index (χ2v) is 8.43. The molecular weight excluding hydrogens is 338 g/mol. The Hall–Kier alpha value is -0.240. The maximum absolute atomic E-state index is 11.9. The molecule has 0 aliphatic carbocycles. The summed E-state index contributed by atoms with van der Waals surface area (Å²) in [6.07, 6.45) is 2.17. The van der Waals surface area contributed by atoms with E-state index in [0.717, 1.165) is 4.47 Å². The van der Waals surface area contributed by atoms with Gasteiger partial charge in [0.15, 0.2) is 0 Å². The Kier molecular flexibility index (Phi) is 5.97. The molecule has 1 rings (SSSR count). The molecule has 0 radical (unpaired) electrons. The average Bonchev–Trinajstić information content (AvgIpc) is 2.29. The molecule has 0 saturated heterocycles. The van der Waals surface area contributed by atoms with Crippen molar-refractivity contribution in [2.75, 3.05) is 12.8 Å². The van der Waals surface area contributed by atoms with Crippen LogP contribution in [0.15, 0.2) is 33.6 Å². The molecule has 1 N–H and O–H groups in total. The van der Waals surface area contributed by atoms with Gasteiger partial charge in [0.05, 0.1) is 4.90 Å². The van der Waals surface area contributed by atoms with Crippen LogP contribution in [0.2, 0.25) is 0 Å². The lowest BCUT2D eigenvalue weighted by atomic mass is 10.3. The summed E-state index contributed by atoms with van der Waals surface area (Å²) in [5.74, 6) is 0. The van der Waals surface area contributed by atoms with Crippen molar-refractivity contribution in [1.29, 1.82) is 0 Å². The van der Waals surface area contributed by atoms with E-state index in [2.05, 4.69) is 20.7 Å². The SMILES string of the molecule is CC(CCNS(=O)(=O)c1ccc(Br)cc1)S(C)=O. The van der Waals surface area contributed by atoms with Gasteiger partial charge in [-0.25, -0.2) is 13.1 Å². The molecule has 0 aromatic heterocycles. The summed E-state index contributed by atoms with van der Waals surface area (Å²) in [7, 11) is -4.40. The molecule has 0 heterocycles. The van der Waals surface area contributed by atoms with Gasteiger partial charge in [-0.3, -0.25) is 4.21 Å². The highest BCUT2D eigenvalue weighted by Crippen LogP contribution is 2.14. The fourth-order valence-corrected chi connectivity index (χ4v) is 3.02. The molecule has 102 valence electrons. The highest BCUT2D eigenvalue weighted by Gasteiger charge is 2.14. The van der Waals surface area contributed by atoms with Gasteiger partial charge in [0.25, 0.3) is 0 Å². The van der Waals surface area contributed by atoms with Crippen LogP contribution in [0.3, 0.4) is 0 Å². The third-order valence-electron chi connectivity index (χ3n) is 2.53. The summed E-state index contributed by atoms with van der Waals surface area (Å²) in [4.78, 5) is 0.232. The zero-order valence-corrected chi connectivity index (χ0v) is 13.4. The molecule has 18 heavy (non-hydrogen) atoms. The third kappa shape index (κ3) is 4.79. The predicted molar refractivity (Wildman–Crippen MR) is 77.5 cm³/mol. The van der Waals surface area contributed by atoms with Gasteiger partial charge in [0, 0.05) is 33.3 Å². The van der Waals surface area contributed by atoms with Crippen molar-refractivity contribution < 1.29 is 12.6 Å². The van der Waals surface area contributed by atoms with E-state index in [1.807, 2.05) is 6.92 Å². The van der Waals surface area contributed by atoms with Gasteiger partial charge in [-0.1, -0.05) is 22.9 Å². The summed E-state index contributed by atoms with van der Waals surface area (Å²) in [5.41, 5.74) is 0. The topological polar surface area (TPSA) is 63.2 Å². The first-order valence-corrected chi connectivity index (χ1v) is 9.30. The second kappa shape index (κ2) is 6.79. The molecule has 0 amide bonds. The summed E-state index contributed by atoms with van der Waals surface area (Å²) in [5, 5.41) is -0.0161. The maximum atomic E-state index is 11.9. The number of benzene rings is 1. The van der Waals surface area contributed by atoms with E-state index in [0.29, 0.717) is 13.0 Å². The van der Waals surface area contributed by atoms with Crippen molar-refractivity contribution in [3.8, 4) is 0 Å². The van der Waals surface area contributed by atoms with Crippen molar-refractivity contribution >= 4 is 36.8 Å². The molecule has 0 aliphatic heterocycles. The third-order valence-corrected chi connectivity index (χ3v) is 5.91. The van der Waals surface area contributed by atoms with Gasteiger partial charge in [-0.15, -0.1) is 0 Å². The first-order valence-electron chi connectivity index (χ1n) is 5.40. The van der Waals surface area contributed by atoms with E-state index in [-0.39, 0.29) is 10.1 Å². The predicted octanol–water partition coefficient (Wildman–Crippen LogP) is 1.88. The summed E-state index contributed by atoms with van der Waals surface area (Å²) >= 11 is 3.25. The Bertz CT molecular complexity index is 514. The summed E-state index contributed by atoms with van der Waals surface area (Å²) in [6.45, 7) is 2.13. The number of nitrogens with one attached hydrogen (secondary N) is 1. The van der Waals surface area contributed by atoms with Crippen molar-refractivity contribution in [2.24, 2.45) is 0 Å². The van der Waals surface area contributed by atoms with E-state index in [4.69, 9.17) is 0 Å². The highest BCUT2D eigenvalue weighted by atomic mass is 79.9. The lowest BCUT2D eigenvalue weighted by Crippen LogP contribution is -2.27. The number of sulfonamides is 1. The Morgan fingerprint density at radius 2 is 1.89 bits per heavy atom. The van der Waals surface area contributed by atoms with Gasteiger partial charge in [0.1, 0.15) is 0 Å². The van der Waals surface area contributed by atoms with Crippen LogP contribution in [0.25, 0.3) is 0 Å². The Balaban J connectivity index is 2.60. The Morgan fingerprint density at radius 3 is 2.39 bits per heavy atom. The molecule has 2 unspecified atom stereocenters. The van der Waals surface area contributed by atoms with Gasteiger partial charge in [-0.05, 0) is 30.7 Å². The molecule has 2 atom stereocenters. The van der Waals surface area contributed by atoms with Crippen LogP contribution < -0.4 is 4.72 Å². The molecule has 4 nitrogen and oxygen atoms in total. The van der Waals surface area contributed by atoms with Crippen molar-refractivity contribution in [1.82, 2.24) is 4.72 Å². The van der Waals surface area contributed by atoms with E-state index in [1.54, 1.807) is 18.4 Å². The zero-order valence-electron chi connectivity index (χ0n) is 10.2. The zero-order chi connectivity index (χ0) is 13.8. The first-order chi connectivity index (χ1) is 8.33. The largest absolute Gasteiger partial charge is 0.260 e. The lowest BCUT2D eigenvalue weighted by Gasteiger charge is -2.10. The van der Waals surface area contributed by atoms with Crippen LogP contribution in [0.5, 0.6) is 0 Å². The van der Waals surface area contributed by atoms with Gasteiger partial charge in [-0.2, -0.15) is 0 Å². The fourth-order valence-electron chi connectivity index (χ4n) is 1.26. The van der Waals surface area contributed by atoms with Gasteiger partial charge >= 0.3 is 0 Å². The Labute approximate surface area is 119 Å². The van der Waals surface area contributed by atoms with E-state index in [9.17, 15) is 12.6 Å². The maximum Gasteiger partial charge on any atom is 0.240 e. The number of hydrogen-bond acceptors (Lipinski definition) is 3. The number of hydrogen-bond donors (Lipinski definition) is 1. The van der Waals surface area contributed by atoms with Crippen LogP contribution in [0.1, 0.15) is 13.3 Å². The quantitative estimate of drug-likeness (QED) is 0.849. The fraction of sp³-hybridized carbons (Fsp3) is 0.455. The number of rotatable bonds is 6. The number of halogens is 1. The molecule has 0 spiro atoms. The van der Waals surface area contributed by atoms with E-state index < -0.39 is 20.8 Å². The molecule has 1 aromatic rings. The Morgan fingerprint density at radius 1 is 1.33 bits per heavy atom. The normalized spacial score (nSPS) is 15.3. The van der Waals surface area contributed by atoms with Crippen LogP contribution in [0.4, 0.5) is 0 Å². The monoisotopic (exact) mass is 353 g/mol. The van der Waals surface area contributed by atoms with Crippen LogP contribution in [-0.2, 0) is 20.8 Å². The summed E-state index contributed by atoms with van der Waals surface area (Å²) in [6, 6.07) is 6.43. The highest BCUT2D eigenvalue weighted by molar-refractivity contribution is 9.10. The second-order valence-electron chi connectivity index (χ2n) is 3.95. The van der Waals surface area contributed by atoms with Crippen LogP contribution in [-0.4, -0.2) is 30.7 Å². The van der Waals surface area contributed by atoms with E-state index in [1.165, 1.54) is 12.1 Å². The minimum atomic E-state index is -3.47. The minimum absolute atomic E-state index is 0.0161. The van der Waals surface area contributed by atoms with Gasteiger partial charge < -0.3 is 0 Å². The average molecular weight is 354 g/mol. The van der Waals surface area contributed by atoms with E-state index >= 15 is 0 Å². The minimum Gasteiger partial charge on any atom is -0.260 e. The molecule has 7 heteroatoms.